The fourth-order valence-corrected chi connectivity index (χ4v) is 2.65. The maximum atomic E-state index is 11.6. The summed E-state index contributed by atoms with van der Waals surface area (Å²) < 4.78 is 4.77. The minimum atomic E-state index is -0.930. The summed E-state index contributed by atoms with van der Waals surface area (Å²) in [5.74, 6) is -0.266. The van der Waals surface area contributed by atoms with Crippen LogP contribution >= 0.6 is 0 Å². The second-order valence-electron chi connectivity index (χ2n) is 3.96. The molecule has 2 aliphatic rings. The summed E-state index contributed by atoms with van der Waals surface area (Å²) in [5, 5.41) is 10.2. The highest BCUT2D eigenvalue weighted by Gasteiger charge is 2.60. The van der Waals surface area contributed by atoms with E-state index in [2.05, 4.69) is 0 Å². The number of carbonyl (C=O) groups is 1. The Balaban J connectivity index is 2.36. The second-order valence-corrected chi connectivity index (χ2v) is 3.96. The van der Waals surface area contributed by atoms with E-state index in [1.54, 1.807) is 6.08 Å². The second kappa shape index (κ2) is 2.58. The SMILES string of the molecule is COC(=O)C12CC=CC1(O)CCC2. The number of hydrogen-bond donors (Lipinski definition) is 1. The van der Waals surface area contributed by atoms with Crippen molar-refractivity contribution in [1.29, 1.82) is 0 Å². The highest BCUT2D eigenvalue weighted by atomic mass is 16.5. The van der Waals surface area contributed by atoms with E-state index >= 15 is 0 Å². The van der Waals surface area contributed by atoms with Crippen LogP contribution in [0.4, 0.5) is 0 Å². The van der Waals surface area contributed by atoms with Gasteiger partial charge in [0, 0.05) is 0 Å². The Morgan fingerprint density at radius 1 is 1.54 bits per heavy atom. The zero-order valence-corrected chi connectivity index (χ0v) is 7.75. The molecule has 0 amide bonds. The lowest BCUT2D eigenvalue weighted by Gasteiger charge is -2.33. The molecule has 0 aromatic rings. The smallest absolute Gasteiger partial charge is 0.315 e. The quantitative estimate of drug-likeness (QED) is 0.486. The molecule has 13 heavy (non-hydrogen) atoms. The van der Waals surface area contributed by atoms with Crippen molar-refractivity contribution in [2.24, 2.45) is 5.41 Å². The standard InChI is InChI=1S/C10H14O3/c1-13-8(11)9-4-2-6-10(9,12)7-3-5-9/h2,6,12H,3-5,7H2,1H3. The first-order valence-electron chi connectivity index (χ1n) is 4.63. The number of ether oxygens (including phenoxy) is 1. The van der Waals surface area contributed by atoms with E-state index in [1.807, 2.05) is 6.08 Å². The van der Waals surface area contributed by atoms with E-state index in [4.69, 9.17) is 4.74 Å². The van der Waals surface area contributed by atoms with Crippen molar-refractivity contribution in [1.82, 2.24) is 0 Å². The fraction of sp³-hybridized carbons (Fsp3) is 0.700. The number of allylic oxidation sites excluding steroid dienone is 1. The Labute approximate surface area is 77.4 Å². The number of fused-ring (bicyclic) bond motifs is 1. The van der Waals surface area contributed by atoms with Gasteiger partial charge in [-0.05, 0) is 25.7 Å². The molecule has 2 atom stereocenters. The molecule has 0 saturated heterocycles. The Morgan fingerprint density at radius 2 is 2.31 bits per heavy atom. The van der Waals surface area contributed by atoms with Gasteiger partial charge >= 0.3 is 5.97 Å². The summed E-state index contributed by atoms with van der Waals surface area (Å²) in [6.07, 6.45) is 6.58. The number of hydrogen-bond acceptors (Lipinski definition) is 3. The molecule has 3 heteroatoms. The first kappa shape index (κ1) is 8.75. The molecule has 0 aliphatic heterocycles. The van der Waals surface area contributed by atoms with E-state index in [9.17, 15) is 9.90 Å². The van der Waals surface area contributed by atoms with Crippen molar-refractivity contribution in [3.8, 4) is 0 Å². The lowest BCUT2D eigenvalue weighted by Crippen LogP contribution is -2.45. The van der Waals surface area contributed by atoms with Gasteiger partial charge in [-0.2, -0.15) is 0 Å². The minimum Gasteiger partial charge on any atom is -0.468 e. The molecule has 2 aliphatic carbocycles. The average Bonchev–Trinajstić information content (AvgIpc) is 2.57. The lowest BCUT2D eigenvalue weighted by atomic mass is 9.76. The van der Waals surface area contributed by atoms with Crippen molar-refractivity contribution < 1.29 is 14.6 Å². The molecule has 0 heterocycles. The van der Waals surface area contributed by atoms with Gasteiger partial charge in [0.1, 0.15) is 5.41 Å². The number of aliphatic hydroxyl groups is 1. The number of rotatable bonds is 1. The lowest BCUT2D eigenvalue weighted by molar-refractivity contribution is -0.162. The normalized spacial score (nSPS) is 42.0. The summed E-state index contributed by atoms with van der Waals surface area (Å²) in [5.41, 5.74) is -1.60. The first-order chi connectivity index (χ1) is 6.15. The van der Waals surface area contributed by atoms with Crippen LogP contribution in [0.1, 0.15) is 25.7 Å². The van der Waals surface area contributed by atoms with Crippen LogP contribution in [0.25, 0.3) is 0 Å². The highest BCUT2D eigenvalue weighted by molar-refractivity contribution is 5.80. The van der Waals surface area contributed by atoms with Crippen LogP contribution in [0, 0.1) is 5.41 Å². The molecule has 1 saturated carbocycles. The summed E-state index contributed by atoms with van der Waals surface area (Å²) in [6.45, 7) is 0. The van der Waals surface area contributed by atoms with Gasteiger partial charge < -0.3 is 9.84 Å². The molecule has 0 spiro atoms. The van der Waals surface area contributed by atoms with Gasteiger partial charge in [-0.1, -0.05) is 12.2 Å². The third-order valence-corrected chi connectivity index (χ3v) is 3.43. The summed E-state index contributed by atoms with van der Waals surface area (Å²) in [6, 6.07) is 0. The minimum absolute atomic E-state index is 0.266. The molecule has 0 radical (unpaired) electrons. The van der Waals surface area contributed by atoms with Crippen LogP contribution in [0.5, 0.6) is 0 Å². The van der Waals surface area contributed by atoms with Gasteiger partial charge in [0.05, 0.1) is 12.7 Å². The zero-order valence-electron chi connectivity index (χ0n) is 7.75. The number of methoxy groups -OCH3 is 1. The molecule has 2 unspecified atom stereocenters. The third kappa shape index (κ3) is 0.908. The maximum Gasteiger partial charge on any atom is 0.315 e. The largest absolute Gasteiger partial charge is 0.468 e. The molecule has 0 aromatic carbocycles. The molecule has 1 fully saturated rings. The van der Waals surface area contributed by atoms with E-state index in [1.165, 1.54) is 7.11 Å². The van der Waals surface area contributed by atoms with Gasteiger partial charge in [-0.25, -0.2) is 0 Å². The summed E-state index contributed by atoms with van der Waals surface area (Å²) in [4.78, 5) is 11.6. The average molecular weight is 182 g/mol. The van der Waals surface area contributed by atoms with Gasteiger partial charge in [0.15, 0.2) is 0 Å². The Kier molecular flexibility index (Phi) is 1.74. The molecule has 72 valence electrons. The fourth-order valence-electron chi connectivity index (χ4n) is 2.65. The van der Waals surface area contributed by atoms with Crippen LogP contribution in [0.2, 0.25) is 0 Å². The Morgan fingerprint density at radius 3 is 3.00 bits per heavy atom. The maximum absolute atomic E-state index is 11.6. The monoisotopic (exact) mass is 182 g/mol. The van der Waals surface area contributed by atoms with Gasteiger partial charge in [-0.15, -0.1) is 0 Å². The number of esters is 1. The van der Waals surface area contributed by atoms with Crippen LogP contribution in [0.3, 0.4) is 0 Å². The van der Waals surface area contributed by atoms with Gasteiger partial charge in [0.2, 0.25) is 0 Å². The predicted molar refractivity (Wildman–Crippen MR) is 47.0 cm³/mol. The van der Waals surface area contributed by atoms with Crippen molar-refractivity contribution in [3.05, 3.63) is 12.2 Å². The van der Waals surface area contributed by atoms with Gasteiger partial charge in [-0.3, -0.25) is 4.79 Å². The van der Waals surface area contributed by atoms with E-state index in [-0.39, 0.29) is 5.97 Å². The van der Waals surface area contributed by atoms with E-state index in [0.29, 0.717) is 12.8 Å². The first-order valence-corrected chi connectivity index (χ1v) is 4.63. The summed E-state index contributed by atoms with van der Waals surface area (Å²) in [7, 11) is 1.38. The zero-order chi connectivity index (χ0) is 9.53. The van der Waals surface area contributed by atoms with Crippen molar-refractivity contribution >= 4 is 5.97 Å². The molecule has 1 N–H and O–H groups in total. The van der Waals surface area contributed by atoms with Gasteiger partial charge in [0.25, 0.3) is 0 Å². The number of carbonyl (C=O) groups excluding carboxylic acids is 1. The Bertz CT molecular complexity index is 271. The van der Waals surface area contributed by atoms with Crippen molar-refractivity contribution in [2.45, 2.75) is 31.3 Å². The van der Waals surface area contributed by atoms with Crippen LogP contribution in [-0.2, 0) is 9.53 Å². The molecule has 2 rings (SSSR count). The highest BCUT2D eigenvalue weighted by Crippen LogP contribution is 2.54. The molecule has 0 aromatic heterocycles. The molecule has 3 nitrogen and oxygen atoms in total. The van der Waals surface area contributed by atoms with Crippen molar-refractivity contribution in [3.63, 3.8) is 0 Å². The molecular formula is C10H14O3. The van der Waals surface area contributed by atoms with Crippen molar-refractivity contribution in [2.75, 3.05) is 7.11 Å². The topological polar surface area (TPSA) is 46.5 Å². The van der Waals surface area contributed by atoms with Crippen LogP contribution in [0.15, 0.2) is 12.2 Å². The van der Waals surface area contributed by atoms with Crippen LogP contribution in [-0.4, -0.2) is 23.8 Å². The van der Waals surface area contributed by atoms with Crippen LogP contribution < -0.4 is 0 Å². The Hall–Kier alpha value is -0.830. The molecule has 0 bridgehead atoms. The predicted octanol–water partition coefficient (Wildman–Crippen LogP) is 1.02. The van der Waals surface area contributed by atoms with E-state index < -0.39 is 11.0 Å². The van der Waals surface area contributed by atoms with E-state index in [0.717, 1.165) is 12.8 Å². The third-order valence-electron chi connectivity index (χ3n) is 3.43. The summed E-state index contributed by atoms with van der Waals surface area (Å²) >= 11 is 0. The molecular weight excluding hydrogens is 168 g/mol.